The zero-order valence-electron chi connectivity index (χ0n) is 20.9. The van der Waals surface area contributed by atoms with Crippen molar-refractivity contribution in [1.29, 1.82) is 0 Å². The highest BCUT2D eigenvalue weighted by atomic mass is 35.5. The van der Waals surface area contributed by atoms with E-state index in [-0.39, 0.29) is 12.5 Å². The van der Waals surface area contributed by atoms with Gasteiger partial charge in [0.25, 0.3) is 5.91 Å². The second-order valence-electron chi connectivity index (χ2n) is 10.4. The molecule has 1 amide bonds. The molecule has 4 rings (SSSR count). The number of hydrogen-bond donors (Lipinski definition) is 2. The van der Waals surface area contributed by atoms with Crippen LogP contribution in [-0.4, -0.2) is 41.1 Å². The molecule has 0 unspecified atom stereocenters. The molecule has 2 N–H and O–H groups in total. The fourth-order valence-electron chi connectivity index (χ4n) is 5.92. The summed E-state index contributed by atoms with van der Waals surface area (Å²) in [6.45, 7) is 2.09. The molecule has 0 heterocycles. The molecule has 2 aliphatic carbocycles. The molecule has 2 aromatic carbocycles. The van der Waals surface area contributed by atoms with Crippen molar-refractivity contribution >= 4 is 17.5 Å². The number of aliphatic hydroxyl groups is 1. The lowest BCUT2D eigenvalue weighted by molar-refractivity contribution is 0.0437. The number of aliphatic hydroxyl groups excluding tert-OH is 1. The first-order chi connectivity index (χ1) is 17.2. The van der Waals surface area contributed by atoms with E-state index < -0.39 is 0 Å². The van der Waals surface area contributed by atoms with Crippen molar-refractivity contribution < 1.29 is 9.90 Å². The first-order valence-corrected chi connectivity index (χ1v) is 14.0. The SMILES string of the molecule is O=C(c1ccc(Cl)cc1)N(C1CCCCC1)C1CCC(c2ccc(CNCCCCO)cc2)CC1. The molecule has 2 fully saturated rings. The molecular weight excluding hydrogens is 456 g/mol. The topological polar surface area (TPSA) is 52.6 Å². The summed E-state index contributed by atoms with van der Waals surface area (Å²) in [6.07, 6.45) is 12.3. The Morgan fingerprint density at radius 1 is 0.857 bits per heavy atom. The summed E-state index contributed by atoms with van der Waals surface area (Å²) in [5.74, 6) is 0.768. The van der Waals surface area contributed by atoms with E-state index in [1.54, 1.807) is 0 Å². The molecule has 5 heteroatoms. The third-order valence-corrected chi connectivity index (χ3v) is 8.18. The predicted octanol–water partition coefficient (Wildman–Crippen LogP) is 6.70. The van der Waals surface area contributed by atoms with Crippen LogP contribution in [0, 0.1) is 0 Å². The lowest BCUT2D eigenvalue weighted by Crippen LogP contribution is -2.49. The van der Waals surface area contributed by atoms with Gasteiger partial charge in [-0.1, -0.05) is 55.1 Å². The highest BCUT2D eigenvalue weighted by molar-refractivity contribution is 6.30. The van der Waals surface area contributed by atoms with Gasteiger partial charge in [-0.05, 0) is 99.2 Å². The van der Waals surface area contributed by atoms with Crippen LogP contribution in [0.3, 0.4) is 0 Å². The number of nitrogens with zero attached hydrogens (tertiary/aromatic N) is 1. The molecule has 0 aromatic heterocycles. The van der Waals surface area contributed by atoms with Crippen LogP contribution in [-0.2, 0) is 6.54 Å². The number of nitrogens with one attached hydrogen (secondary N) is 1. The number of carbonyl (C=O) groups excluding carboxylic acids is 1. The summed E-state index contributed by atoms with van der Waals surface area (Å²) in [5.41, 5.74) is 3.51. The summed E-state index contributed by atoms with van der Waals surface area (Å²) in [6, 6.07) is 17.2. The number of halogens is 1. The third kappa shape index (κ3) is 7.31. The van der Waals surface area contributed by atoms with Crippen LogP contribution >= 0.6 is 11.6 Å². The molecule has 2 aromatic rings. The molecule has 0 atom stereocenters. The Hall–Kier alpha value is -1.88. The van der Waals surface area contributed by atoms with Gasteiger partial charge in [0.1, 0.15) is 0 Å². The standard InChI is InChI=1S/C30H41ClN2O2/c31-27-16-12-26(13-17-27)30(35)33(28-6-2-1-3-7-28)29-18-14-25(15-19-29)24-10-8-23(9-11-24)22-32-20-4-5-21-34/h8-13,16-17,25,28-29,32,34H,1-7,14-15,18-22H2. The molecule has 2 saturated carbocycles. The molecule has 0 saturated heterocycles. The lowest BCUT2D eigenvalue weighted by Gasteiger charge is -2.43. The molecule has 190 valence electrons. The Bertz CT molecular complexity index is 901. The van der Waals surface area contributed by atoms with Gasteiger partial charge in [0.2, 0.25) is 0 Å². The van der Waals surface area contributed by atoms with Crippen molar-refractivity contribution in [3.05, 3.63) is 70.2 Å². The van der Waals surface area contributed by atoms with Crippen LogP contribution < -0.4 is 5.32 Å². The van der Waals surface area contributed by atoms with E-state index in [4.69, 9.17) is 16.7 Å². The highest BCUT2D eigenvalue weighted by Gasteiger charge is 2.35. The Balaban J connectivity index is 1.35. The van der Waals surface area contributed by atoms with E-state index in [0.717, 1.165) is 70.0 Å². The normalized spacial score (nSPS) is 21.1. The van der Waals surface area contributed by atoms with Crippen LogP contribution in [0.1, 0.15) is 98.0 Å². The Morgan fingerprint density at radius 2 is 1.51 bits per heavy atom. The first kappa shape index (κ1) is 26.2. The number of benzene rings is 2. The van der Waals surface area contributed by atoms with Crippen molar-refractivity contribution in [1.82, 2.24) is 10.2 Å². The minimum atomic E-state index is 0.188. The first-order valence-electron chi connectivity index (χ1n) is 13.6. The summed E-state index contributed by atoms with van der Waals surface area (Å²) < 4.78 is 0. The Morgan fingerprint density at radius 3 is 2.17 bits per heavy atom. The monoisotopic (exact) mass is 496 g/mol. The van der Waals surface area contributed by atoms with Gasteiger partial charge in [0.15, 0.2) is 0 Å². The van der Waals surface area contributed by atoms with Crippen molar-refractivity contribution in [2.24, 2.45) is 0 Å². The maximum atomic E-state index is 13.7. The number of carbonyl (C=O) groups is 1. The van der Waals surface area contributed by atoms with Crippen molar-refractivity contribution in [3.63, 3.8) is 0 Å². The minimum absolute atomic E-state index is 0.188. The van der Waals surface area contributed by atoms with Gasteiger partial charge in [0.05, 0.1) is 0 Å². The smallest absolute Gasteiger partial charge is 0.254 e. The van der Waals surface area contributed by atoms with Crippen molar-refractivity contribution in [2.75, 3.05) is 13.2 Å². The van der Waals surface area contributed by atoms with Crippen LogP contribution in [0.5, 0.6) is 0 Å². The lowest BCUT2D eigenvalue weighted by atomic mass is 9.80. The van der Waals surface area contributed by atoms with Gasteiger partial charge < -0.3 is 15.3 Å². The molecule has 0 bridgehead atoms. The molecular formula is C30H41ClN2O2. The predicted molar refractivity (Wildman–Crippen MR) is 144 cm³/mol. The molecule has 35 heavy (non-hydrogen) atoms. The van der Waals surface area contributed by atoms with Gasteiger partial charge in [-0.2, -0.15) is 0 Å². The van der Waals surface area contributed by atoms with E-state index in [9.17, 15) is 4.79 Å². The summed E-state index contributed by atoms with van der Waals surface area (Å²) >= 11 is 6.08. The van der Waals surface area contributed by atoms with E-state index in [1.165, 1.54) is 30.4 Å². The van der Waals surface area contributed by atoms with E-state index in [1.807, 2.05) is 24.3 Å². The zero-order valence-corrected chi connectivity index (χ0v) is 21.7. The maximum absolute atomic E-state index is 13.7. The largest absolute Gasteiger partial charge is 0.396 e. The van der Waals surface area contributed by atoms with Gasteiger partial charge in [-0.3, -0.25) is 4.79 Å². The van der Waals surface area contributed by atoms with E-state index in [2.05, 4.69) is 34.5 Å². The minimum Gasteiger partial charge on any atom is -0.396 e. The van der Waals surface area contributed by atoms with Gasteiger partial charge in [-0.25, -0.2) is 0 Å². The zero-order chi connectivity index (χ0) is 24.5. The fourth-order valence-corrected chi connectivity index (χ4v) is 6.05. The van der Waals surface area contributed by atoms with Crippen LogP contribution in [0.2, 0.25) is 5.02 Å². The summed E-state index contributed by atoms with van der Waals surface area (Å²) in [4.78, 5) is 15.9. The molecule has 0 aliphatic heterocycles. The molecule has 0 radical (unpaired) electrons. The number of amides is 1. The quantitative estimate of drug-likeness (QED) is 0.359. The van der Waals surface area contributed by atoms with Crippen molar-refractivity contribution in [3.8, 4) is 0 Å². The maximum Gasteiger partial charge on any atom is 0.254 e. The van der Waals surface area contributed by atoms with Crippen LogP contribution in [0.4, 0.5) is 0 Å². The van der Waals surface area contributed by atoms with Crippen molar-refractivity contribution in [2.45, 2.75) is 95.2 Å². The van der Waals surface area contributed by atoms with E-state index >= 15 is 0 Å². The van der Waals surface area contributed by atoms with Gasteiger partial charge in [-0.15, -0.1) is 0 Å². The van der Waals surface area contributed by atoms with E-state index in [0.29, 0.717) is 23.0 Å². The third-order valence-electron chi connectivity index (χ3n) is 7.93. The number of hydrogen-bond acceptors (Lipinski definition) is 3. The van der Waals surface area contributed by atoms with Crippen LogP contribution in [0.25, 0.3) is 0 Å². The van der Waals surface area contributed by atoms with Crippen LogP contribution in [0.15, 0.2) is 48.5 Å². The highest BCUT2D eigenvalue weighted by Crippen LogP contribution is 2.38. The molecule has 2 aliphatic rings. The Kier molecular flexibility index (Phi) is 10.1. The summed E-state index contributed by atoms with van der Waals surface area (Å²) in [5, 5.41) is 13.0. The second-order valence-corrected chi connectivity index (χ2v) is 10.8. The average Bonchev–Trinajstić information content (AvgIpc) is 2.90. The average molecular weight is 497 g/mol. The summed E-state index contributed by atoms with van der Waals surface area (Å²) in [7, 11) is 0. The number of unbranched alkanes of at least 4 members (excludes halogenated alkanes) is 1. The Labute approximate surface area is 216 Å². The molecule has 0 spiro atoms. The second kappa shape index (κ2) is 13.4. The molecule has 4 nitrogen and oxygen atoms in total. The number of rotatable bonds is 10. The van der Waals surface area contributed by atoms with Gasteiger partial charge in [0, 0.05) is 35.8 Å². The van der Waals surface area contributed by atoms with Gasteiger partial charge >= 0.3 is 0 Å². The fraction of sp³-hybridized carbons (Fsp3) is 0.567.